The van der Waals surface area contributed by atoms with Crippen LogP contribution in [0, 0.1) is 5.41 Å². The maximum atomic E-state index is 11.0. The van der Waals surface area contributed by atoms with Crippen LogP contribution >= 0.6 is 0 Å². The van der Waals surface area contributed by atoms with Gasteiger partial charge < -0.3 is 0 Å². The van der Waals surface area contributed by atoms with E-state index in [9.17, 15) is 4.79 Å². The topological polar surface area (TPSA) is 41.6 Å². The number of amides is 1. The van der Waals surface area contributed by atoms with Gasteiger partial charge in [0.2, 0.25) is 0 Å². The second-order valence-electron chi connectivity index (χ2n) is 5.41. The van der Waals surface area contributed by atoms with Gasteiger partial charge in [0.15, 0.2) is 0 Å². The molecule has 1 heterocycles. The summed E-state index contributed by atoms with van der Waals surface area (Å²) in [4.78, 5) is 16.4. The van der Waals surface area contributed by atoms with Crippen LogP contribution in [-0.2, 0) is 9.73 Å². The third kappa shape index (κ3) is 2.44. The summed E-state index contributed by atoms with van der Waals surface area (Å²) in [7, 11) is 0. The number of carbonyl (C=O) groups is 1. The van der Waals surface area contributed by atoms with Gasteiger partial charge in [0.25, 0.3) is 5.91 Å². The highest BCUT2D eigenvalue weighted by Gasteiger charge is 2.45. The number of hydrogen-bond acceptors (Lipinski definition) is 3. The van der Waals surface area contributed by atoms with E-state index in [0.717, 1.165) is 19.4 Å². The first kappa shape index (κ1) is 13.2. The van der Waals surface area contributed by atoms with Crippen LogP contribution in [0.5, 0.6) is 0 Å². The van der Waals surface area contributed by atoms with Gasteiger partial charge in [0.1, 0.15) is 0 Å². The van der Waals surface area contributed by atoms with Gasteiger partial charge in [-0.15, -0.1) is 0 Å². The summed E-state index contributed by atoms with van der Waals surface area (Å²) in [5, 5.41) is 1.85. The molecule has 0 aliphatic carbocycles. The summed E-state index contributed by atoms with van der Waals surface area (Å²) in [5.74, 6) is -0.320. The van der Waals surface area contributed by atoms with E-state index in [1.165, 1.54) is 6.08 Å². The zero-order chi connectivity index (χ0) is 12.4. The molecular formula is C12H22N2O2. The van der Waals surface area contributed by atoms with Crippen molar-refractivity contribution in [3.8, 4) is 0 Å². The summed E-state index contributed by atoms with van der Waals surface area (Å²) in [6.07, 6.45) is 3.43. The van der Waals surface area contributed by atoms with Crippen molar-refractivity contribution in [2.45, 2.75) is 46.1 Å². The number of carbonyl (C=O) groups excluding carboxylic acids is 1. The molecule has 1 saturated heterocycles. The Kier molecular flexibility index (Phi) is 3.76. The van der Waals surface area contributed by atoms with Crippen molar-refractivity contribution in [1.82, 2.24) is 10.5 Å². The molecule has 1 amide bonds. The van der Waals surface area contributed by atoms with E-state index in [2.05, 4.69) is 39.8 Å². The summed E-state index contributed by atoms with van der Waals surface area (Å²) in [5.41, 5.74) is 2.41. The third-order valence-corrected chi connectivity index (χ3v) is 3.88. The molecule has 0 saturated carbocycles. The van der Waals surface area contributed by atoms with E-state index in [1.807, 2.05) is 5.06 Å². The van der Waals surface area contributed by atoms with Crippen molar-refractivity contribution in [2.24, 2.45) is 5.41 Å². The minimum Gasteiger partial charge on any atom is -0.268 e. The number of piperidine rings is 1. The van der Waals surface area contributed by atoms with E-state index >= 15 is 0 Å². The van der Waals surface area contributed by atoms with Crippen LogP contribution in [0.2, 0.25) is 0 Å². The Morgan fingerprint density at radius 3 is 2.62 bits per heavy atom. The smallest absolute Gasteiger partial charge is 0.268 e. The Balaban J connectivity index is 2.65. The van der Waals surface area contributed by atoms with Gasteiger partial charge in [-0.25, -0.2) is 5.48 Å². The van der Waals surface area contributed by atoms with Gasteiger partial charge in [-0.2, -0.15) is 10.0 Å². The van der Waals surface area contributed by atoms with E-state index in [1.54, 1.807) is 0 Å². The lowest BCUT2D eigenvalue weighted by molar-refractivity contribution is -0.286. The highest BCUT2D eigenvalue weighted by molar-refractivity contribution is 5.85. The van der Waals surface area contributed by atoms with Crippen molar-refractivity contribution in [3.63, 3.8) is 0 Å². The molecule has 0 radical (unpaired) electrons. The maximum absolute atomic E-state index is 11.0. The Labute approximate surface area is 97.6 Å². The van der Waals surface area contributed by atoms with Crippen molar-refractivity contribution >= 4 is 5.91 Å². The van der Waals surface area contributed by atoms with Crippen LogP contribution in [0.3, 0.4) is 0 Å². The lowest BCUT2D eigenvalue weighted by Crippen LogP contribution is -2.59. The Bertz CT molecular complexity index is 285. The van der Waals surface area contributed by atoms with Crippen molar-refractivity contribution in [1.29, 1.82) is 0 Å². The molecule has 0 aromatic heterocycles. The van der Waals surface area contributed by atoms with Crippen LogP contribution in [-0.4, -0.2) is 23.1 Å². The first-order chi connectivity index (χ1) is 7.31. The summed E-state index contributed by atoms with van der Waals surface area (Å²) in [6.45, 7) is 12.9. The third-order valence-electron chi connectivity index (χ3n) is 3.88. The summed E-state index contributed by atoms with van der Waals surface area (Å²) >= 11 is 0. The van der Waals surface area contributed by atoms with Crippen LogP contribution in [0.1, 0.15) is 40.5 Å². The second kappa shape index (κ2) is 4.55. The van der Waals surface area contributed by atoms with Crippen LogP contribution < -0.4 is 5.48 Å². The SMILES string of the molecule is C=CC(=O)NON1CCCC(C)(C)C1(C)C. The molecule has 92 valence electrons. The van der Waals surface area contributed by atoms with Gasteiger partial charge in [0, 0.05) is 12.1 Å². The monoisotopic (exact) mass is 226 g/mol. The first-order valence-electron chi connectivity index (χ1n) is 5.68. The second-order valence-corrected chi connectivity index (χ2v) is 5.41. The molecule has 1 aliphatic rings. The van der Waals surface area contributed by atoms with Crippen molar-refractivity contribution < 1.29 is 9.73 Å². The fourth-order valence-corrected chi connectivity index (χ4v) is 1.89. The predicted molar refractivity (Wildman–Crippen MR) is 63.2 cm³/mol. The average molecular weight is 226 g/mol. The Hall–Kier alpha value is -0.870. The van der Waals surface area contributed by atoms with E-state index in [4.69, 9.17) is 4.94 Å². The summed E-state index contributed by atoms with van der Waals surface area (Å²) < 4.78 is 0. The fraction of sp³-hybridized carbons (Fsp3) is 0.750. The zero-order valence-electron chi connectivity index (χ0n) is 10.7. The maximum Gasteiger partial charge on any atom is 0.268 e. The van der Waals surface area contributed by atoms with Gasteiger partial charge in [0.05, 0.1) is 0 Å². The number of nitrogens with one attached hydrogen (secondary N) is 1. The molecule has 4 heteroatoms. The van der Waals surface area contributed by atoms with Crippen LogP contribution in [0.4, 0.5) is 0 Å². The van der Waals surface area contributed by atoms with Gasteiger partial charge in [-0.05, 0) is 38.2 Å². The predicted octanol–water partition coefficient (Wildman–Crippen LogP) is 2.04. The molecule has 1 aliphatic heterocycles. The van der Waals surface area contributed by atoms with Gasteiger partial charge in [-0.3, -0.25) is 4.79 Å². The molecule has 1 N–H and O–H groups in total. The van der Waals surface area contributed by atoms with Crippen LogP contribution in [0.15, 0.2) is 12.7 Å². The molecule has 16 heavy (non-hydrogen) atoms. The highest BCUT2D eigenvalue weighted by Crippen LogP contribution is 2.43. The Morgan fingerprint density at radius 2 is 2.06 bits per heavy atom. The zero-order valence-corrected chi connectivity index (χ0v) is 10.7. The van der Waals surface area contributed by atoms with E-state index < -0.39 is 0 Å². The highest BCUT2D eigenvalue weighted by atomic mass is 16.8. The molecule has 4 nitrogen and oxygen atoms in total. The summed E-state index contributed by atoms with van der Waals surface area (Å²) in [6, 6.07) is 0. The molecule has 1 rings (SSSR count). The first-order valence-corrected chi connectivity index (χ1v) is 5.68. The fourth-order valence-electron chi connectivity index (χ4n) is 1.89. The van der Waals surface area contributed by atoms with Crippen molar-refractivity contribution in [2.75, 3.05) is 6.54 Å². The van der Waals surface area contributed by atoms with Gasteiger partial charge >= 0.3 is 0 Å². The molecule has 0 unspecified atom stereocenters. The molecule has 0 atom stereocenters. The van der Waals surface area contributed by atoms with Crippen LogP contribution in [0.25, 0.3) is 0 Å². The van der Waals surface area contributed by atoms with Crippen molar-refractivity contribution in [3.05, 3.63) is 12.7 Å². The minimum atomic E-state index is -0.320. The molecular weight excluding hydrogens is 204 g/mol. The lowest BCUT2D eigenvalue weighted by Gasteiger charge is -2.51. The van der Waals surface area contributed by atoms with E-state index in [-0.39, 0.29) is 16.9 Å². The number of nitrogens with zero attached hydrogens (tertiary/aromatic N) is 1. The number of hydroxylamine groups is 3. The Morgan fingerprint density at radius 1 is 1.44 bits per heavy atom. The molecule has 0 spiro atoms. The quantitative estimate of drug-likeness (QED) is 0.591. The molecule has 0 aromatic rings. The standard InChI is InChI=1S/C12H22N2O2/c1-6-10(15)13-16-14-9-7-8-11(2,3)12(14,4)5/h6H,1,7-9H2,2-5H3,(H,13,15). The van der Waals surface area contributed by atoms with Gasteiger partial charge in [-0.1, -0.05) is 20.4 Å². The average Bonchev–Trinajstić information content (AvgIpc) is 2.20. The number of hydrogen-bond donors (Lipinski definition) is 1. The molecule has 1 fully saturated rings. The largest absolute Gasteiger partial charge is 0.268 e. The number of rotatable bonds is 3. The molecule has 0 bridgehead atoms. The normalized spacial score (nSPS) is 23.8. The minimum absolute atomic E-state index is 0.111. The van der Waals surface area contributed by atoms with E-state index in [0.29, 0.717) is 0 Å². The molecule has 0 aromatic carbocycles. The lowest BCUT2D eigenvalue weighted by atomic mass is 9.69.